The summed E-state index contributed by atoms with van der Waals surface area (Å²) < 4.78 is 6.81. The lowest BCUT2D eigenvalue weighted by atomic mass is 9.78. The SMILES string of the molecule is Cc1nn(-c2cc(Cl)c(Oc3cc([C@@H](C)C4CCCCC4)c(=O)[nH]n3)c(Cl)c2)c(=O)[nH]c1=O. The van der Waals surface area contributed by atoms with Gasteiger partial charge in [-0.25, -0.2) is 9.89 Å². The fourth-order valence-electron chi connectivity index (χ4n) is 4.21. The highest BCUT2D eigenvalue weighted by Gasteiger charge is 2.24. The number of hydrogen-bond acceptors (Lipinski definition) is 6. The van der Waals surface area contributed by atoms with Crippen molar-refractivity contribution in [1.29, 1.82) is 0 Å². The van der Waals surface area contributed by atoms with E-state index < -0.39 is 11.2 Å². The Kier molecular flexibility index (Phi) is 6.71. The number of aryl methyl sites for hydroxylation is 1. The number of aromatic nitrogens is 5. The topological polar surface area (TPSA) is 123 Å². The van der Waals surface area contributed by atoms with Crippen LogP contribution in [0.3, 0.4) is 0 Å². The van der Waals surface area contributed by atoms with Crippen LogP contribution in [0.4, 0.5) is 0 Å². The zero-order chi connectivity index (χ0) is 23.7. The molecular weight excluding hydrogens is 469 g/mol. The Bertz CT molecular complexity index is 1330. The number of rotatable bonds is 5. The van der Waals surface area contributed by atoms with Gasteiger partial charge in [-0.3, -0.25) is 14.6 Å². The number of benzene rings is 1. The summed E-state index contributed by atoms with van der Waals surface area (Å²) in [4.78, 5) is 38.3. The summed E-state index contributed by atoms with van der Waals surface area (Å²) in [5, 5.41) is 10.7. The summed E-state index contributed by atoms with van der Waals surface area (Å²) in [7, 11) is 0. The van der Waals surface area contributed by atoms with Gasteiger partial charge >= 0.3 is 5.69 Å². The molecular formula is C22H23Cl2N5O4. The van der Waals surface area contributed by atoms with Crippen molar-refractivity contribution >= 4 is 23.2 Å². The first-order valence-electron chi connectivity index (χ1n) is 10.7. The lowest BCUT2D eigenvalue weighted by Gasteiger charge is -2.27. The van der Waals surface area contributed by atoms with Gasteiger partial charge in [-0.1, -0.05) is 49.4 Å². The van der Waals surface area contributed by atoms with Crippen molar-refractivity contribution < 1.29 is 4.74 Å². The monoisotopic (exact) mass is 491 g/mol. The van der Waals surface area contributed by atoms with Gasteiger partial charge < -0.3 is 4.74 Å². The standard InChI is InChI=1S/C22H23Cl2N5O4/c1-11(13-6-4-3-5-7-13)15-10-18(26-27-21(15)31)33-19-16(23)8-14(9-17(19)24)29-22(32)25-20(30)12(2)28-29/h8-11,13H,3-7H2,1-2H3,(H,27,31)(H,25,30,32)/t11-/m0/s1. The Labute approximate surface area is 198 Å². The van der Waals surface area contributed by atoms with E-state index in [0.717, 1.165) is 17.5 Å². The van der Waals surface area contributed by atoms with Gasteiger partial charge in [0, 0.05) is 11.6 Å². The Morgan fingerprint density at radius 2 is 1.73 bits per heavy atom. The molecule has 9 nitrogen and oxygen atoms in total. The molecule has 0 radical (unpaired) electrons. The van der Waals surface area contributed by atoms with Crippen molar-refractivity contribution in [2.24, 2.45) is 5.92 Å². The molecule has 1 aliphatic rings. The van der Waals surface area contributed by atoms with Gasteiger partial charge in [-0.15, -0.1) is 5.10 Å². The van der Waals surface area contributed by atoms with E-state index in [0.29, 0.717) is 11.5 Å². The number of nitrogens with one attached hydrogen (secondary N) is 2. The molecule has 0 saturated heterocycles. The summed E-state index contributed by atoms with van der Waals surface area (Å²) in [6.45, 7) is 3.53. The van der Waals surface area contributed by atoms with Crippen LogP contribution in [0.2, 0.25) is 10.0 Å². The molecule has 4 rings (SSSR count). The van der Waals surface area contributed by atoms with Crippen molar-refractivity contribution in [2.75, 3.05) is 0 Å². The van der Waals surface area contributed by atoms with Crippen LogP contribution in [0.5, 0.6) is 11.6 Å². The van der Waals surface area contributed by atoms with E-state index in [4.69, 9.17) is 27.9 Å². The summed E-state index contributed by atoms with van der Waals surface area (Å²) in [5.41, 5.74) is -0.574. The minimum absolute atomic E-state index is 0.0640. The molecule has 0 unspecified atom stereocenters. The van der Waals surface area contributed by atoms with Crippen LogP contribution in [0.15, 0.2) is 32.6 Å². The quantitative estimate of drug-likeness (QED) is 0.553. The molecule has 2 aromatic heterocycles. The van der Waals surface area contributed by atoms with Crippen molar-refractivity contribution in [2.45, 2.75) is 51.9 Å². The van der Waals surface area contributed by atoms with E-state index in [1.165, 1.54) is 38.3 Å². The molecule has 0 bridgehead atoms. The number of nitrogens with zero attached hydrogens (tertiary/aromatic N) is 3. The van der Waals surface area contributed by atoms with E-state index in [2.05, 4.69) is 27.2 Å². The molecule has 1 aliphatic carbocycles. The first kappa shape index (κ1) is 23.3. The molecule has 1 saturated carbocycles. The Balaban J connectivity index is 1.65. The van der Waals surface area contributed by atoms with Crippen LogP contribution >= 0.6 is 23.2 Å². The molecule has 0 aliphatic heterocycles. The summed E-state index contributed by atoms with van der Waals surface area (Å²) >= 11 is 12.8. The molecule has 0 spiro atoms. The number of aromatic amines is 2. The van der Waals surface area contributed by atoms with Crippen molar-refractivity contribution in [1.82, 2.24) is 25.0 Å². The maximum absolute atomic E-state index is 12.4. The number of ether oxygens (including phenoxy) is 1. The van der Waals surface area contributed by atoms with E-state index in [9.17, 15) is 14.4 Å². The zero-order valence-electron chi connectivity index (χ0n) is 18.2. The second kappa shape index (κ2) is 9.52. The molecule has 1 atom stereocenters. The summed E-state index contributed by atoms with van der Waals surface area (Å²) in [5.74, 6) is 0.772. The normalized spacial score (nSPS) is 15.4. The van der Waals surface area contributed by atoms with Gasteiger partial charge in [-0.2, -0.15) is 9.78 Å². The van der Waals surface area contributed by atoms with Crippen LogP contribution in [-0.4, -0.2) is 25.0 Å². The minimum atomic E-state index is -0.727. The second-order valence-corrected chi connectivity index (χ2v) is 9.09. The van der Waals surface area contributed by atoms with Crippen LogP contribution in [0.1, 0.15) is 56.2 Å². The van der Waals surface area contributed by atoms with Gasteiger partial charge in [0.05, 0.1) is 15.7 Å². The number of hydrogen-bond donors (Lipinski definition) is 2. The number of H-pyrrole nitrogens is 2. The molecule has 33 heavy (non-hydrogen) atoms. The number of halogens is 2. The minimum Gasteiger partial charge on any atom is -0.434 e. The Morgan fingerprint density at radius 3 is 2.39 bits per heavy atom. The molecule has 174 valence electrons. The summed E-state index contributed by atoms with van der Waals surface area (Å²) in [6.07, 6.45) is 5.76. The van der Waals surface area contributed by atoms with Gasteiger partial charge in [0.2, 0.25) is 5.88 Å². The van der Waals surface area contributed by atoms with Gasteiger partial charge in [-0.05, 0) is 43.7 Å². The highest BCUT2D eigenvalue weighted by molar-refractivity contribution is 6.37. The first-order chi connectivity index (χ1) is 15.7. The third-order valence-electron chi connectivity index (χ3n) is 6.08. The molecule has 0 amide bonds. The predicted octanol–water partition coefficient (Wildman–Crippen LogP) is 4.10. The van der Waals surface area contributed by atoms with Crippen molar-refractivity contribution in [3.05, 3.63) is 70.7 Å². The van der Waals surface area contributed by atoms with Gasteiger partial charge in [0.1, 0.15) is 5.69 Å². The third kappa shape index (κ3) is 4.89. The largest absolute Gasteiger partial charge is 0.434 e. The first-order valence-corrected chi connectivity index (χ1v) is 11.5. The van der Waals surface area contributed by atoms with Crippen LogP contribution in [-0.2, 0) is 0 Å². The van der Waals surface area contributed by atoms with Gasteiger partial charge in [0.25, 0.3) is 11.1 Å². The summed E-state index contributed by atoms with van der Waals surface area (Å²) in [6, 6.07) is 4.49. The van der Waals surface area contributed by atoms with Crippen molar-refractivity contribution in [3.63, 3.8) is 0 Å². The lowest BCUT2D eigenvalue weighted by Crippen LogP contribution is -2.32. The van der Waals surface area contributed by atoms with E-state index in [1.807, 2.05) is 0 Å². The van der Waals surface area contributed by atoms with Crippen LogP contribution in [0.25, 0.3) is 5.69 Å². The van der Waals surface area contributed by atoms with Gasteiger partial charge in [0.15, 0.2) is 5.75 Å². The molecule has 1 fully saturated rings. The van der Waals surface area contributed by atoms with Crippen LogP contribution < -0.4 is 21.5 Å². The van der Waals surface area contributed by atoms with Crippen LogP contribution in [0, 0.1) is 12.8 Å². The molecule has 11 heteroatoms. The lowest BCUT2D eigenvalue weighted by molar-refractivity contribution is 0.314. The van der Waals surface area contributed by atoms with Crippen molar-refractivity contribution in [3.8, 4) is 17.3 Å². The fraction of sp³-hybridized carbons (Fsp3) is 0.409. The molecule has 2 N–H and O–H groups in total. The van der Waals surface area contributed by atoms with E-state index in [-0.39, 0.29) is 44.5 Å². The average molecular weight is 492 g/mol. The fourth-order valence-corrected chi connectivity index (χ4v) is 4.76. The Morgan fingerprint density at radius 1 is 1.06 bits per heavy atom. The predicted molar refractivity (Wildman–Crippen MR) is 125 cm³/mol. The highest BCUT2D eigenvalue weighted by atomic mass is 35.5. The smallest absolute Gasteiger partial charge is 0.349 e. The van der Waals surface area contributed by atoms with E-state index >= 15 is 0 Å². The molecule has 1 aromatic carbocycles. The zero-order valence-corrected chi connectivity index (χ0v) is 19.7. The average Bonchev–Trinajstić information content (AvgIpc) is 2.79. The molecule has 2 heterocycles. The Hall–Kier alpha value is -2.91. The maximum atomic E-state index is 12.4. The molecule has 3 aromatic rings. The van der Waals surface area contributed by atoms with E-state index in [1.54, 1.807) is 6.07 Å². The maximum Gasteiger partial charge on any atom is 0.349 e. The highest BCUT2D eigenvalue weighted by Crippen LogP contribution is 2.39. The second-order valence-electron chi connectivity index (χ2n) is 8.27. The third-order valence-corrected chi connectivity index (χ3v) is 6.64.